The molecule has 0 saturated carbocycles. The van der Waals surface area contributed by atoms with Crippen LogP contribution in [0.5, 0.6) is 5.75 Å². The summed E-state index contributed by atoms with van der Waals surface area (Å²) >= 11 is 5.81. The summed E-state index contributed by atoms with van der Waals surface area (Å²) < 4.78 is 18.3. The van der Waals surface area contributed by atoms with Crippen LogP contribution in [0.3, 0.4) is 0 Å². The smallest absolute Gasteiger partial charge is 0.279 e. The molecule has 0 aliphatic rings. The molecule has 2 aromatic carbocycles. The Morgan fingerprint density at radius 1 is 0.900 bits per heavy atom. The Morgan fingerprint density at radius 2 is 1.47 bits per heavy atom. The summed E-state index contributed by atoms with van der Waals surface area (Å²) in [5.41, 5.74) is 4.90. The normalized spacial score (nSPS) is 12.6. The molecule has 30 heavy (non-hydrogen) atoms. The summed E-state index contributed by atoms with van der Waals surface area (Å²) in [5.74, 6) is -2.01. The predicted molar refractivity (Wildman–Crippen MR) is 110 cm³/mol. The zero-order chi connectivity index (χ0) is 22.3. The van der Waals surface area contributed by atoms with E-state index in [1.165, 1.54) is 31.2 Å². The average Bonchev–Trinajstić information content (AvgIpc) is 2.71. The van der Waals surface area contributed by atoms with Crippen LogP contribution in [0.1, 0.15) is 31.1 Å². The lowest BCUT2D eigenvalue weighted by molar-refractivity contribution is -0.133. The van der Waals surface area contributed by atoms with Gasteiger partial charge in [-0.1, -0.05) is 25.4 Å². The van der Waals surface area contributed by atoms with Gasteiger partial charge in [-0.15, -0.1) is 0 Å². The van der Waals surface area contributed by atoms with Crippen LogP contribution in [-0.2, 0) is 9.59 Å². The van der Waals surface area contributed by atoms with Gasteiger partial charge in [0.1, 0.15) is 17.6 Å². The molecule has 0 saturated heterocycles. The number of nitrogens with one attached hydrogen (secondary N) is 3. The van der Waals surface area contributed by atoms with Crippen LogP contribution >= 0.6 is 11.6 Å². The largest absolute Gasteiger partial charge is 0.481 e. The molecule has 7 nitrogen and oxygen atoms in total. The van der Waals surface area contributed by atoms with E-state index in [0.717, 1.165) is 0 Å². The fourth-order valence-corrected chi connectivity index (χ4v) is 2.56. The summed E-state index contributed by atoms with van der Waals surface area (Å²) in [6, 6.07) is 10.5. The van der Waals surface area contributed by atoms with Crippen LogP contribution in [-0.4, -0.2) is 29.9 Å². The predicted octanol–water partition coefficient (Wildman–Crippen LogP) is 2.85. The van der Waals surface area contributed by atoms with Gasteiger partial charge in [-0.05, 0) is 61.4 Å². The van der Waals surface area contributed by atoms with Gasteiger partial charge in [-0.3, -0.25) is 25.2 Å². The Balaban J connectivity index is 1.90. The van der Waals surface area contributed by atoms with Crippen LogP contribution in [0.4, 0.5) is 4.39 Å². The van der Waals surface area contributed by atoms with Crippen LogP contribution in [0.15, 0.2) is 48.5 Å². The third-order valence-corrected chi connectivity index (χ3v) is 4.40. The number of rotatable bonds is 7. The number of benzene rings is 2. The van der Waals surface area contributed by atoms with E-state index in [4.69, 9.17) is 16.3 Å². The molecule has 0 radical (unpaired) electrons. The second-order valence-electron chi connectivity index (χ2n) is 6.89. The highest BCUT2D eigenvalue weighted by Gasteiger charge is 2.26. The van der Waals surface area contributed by atoms with E-state index in [0.29, 0.717) is 16.3 Å². The third kappa shape index (κ3) is 6.73. The molecule has 160 valence electrons. The Bertz CT molecular complexity index is 888. The van der Waals surface area contributed by atoms with Crippen LogP contribution in [0.2, 0.25) is 5.02 Å². The van der Waals surface area contributed by atoms with Crippen molar-refractivity contribution in [3.05, 3.63) is 64.9 Å². The lowest BCUT2D eigenvalue weighted by Crippen LogP contribution is -2.55. The van der Waals surface area contributed by atoms with Gasteiger partial charge < -0.3 is 10.1 Å². The summed E-state index contributed by atoms with van der Waals surface area (Å²) in [5, 5.41) is 3.13. The van der Waals surface area contributed by atoms with Crippen molar-refractivity contribution in [2.24, 2.45) is 5.92 Å². The van der Waals surface area contributed by atoms with Crippen molar-refractivity contribution in [1.29, 1.82) is 0 Å². The molecular weight excluding hydrogens is 413 g/mol. The molecule has 2 aromatic rings. The Hall–Kier alpha value is -3.13. The highest BCUT2D eigenvalue weighted by atomic mass is 35.5. The summed E-state index contributed by atoms with van der Waals surface area (Å²) in [6.07, 6.45) is -0.947. The first-order chi connectivity index (χ1) is 14.2. The van der Waals surface area contributed by atoms with Gasteiger partial charge in [0.15, 0.2) is 6.10 Å². The van der Waals surface area contributed by atoms with Gasteiger partial charge >= 0.3 is 0 Å². The zero-order valence-corrected chi connectivity index (χ0v) is 17.5. The second-order valence-corrected chi connectivity index (χ2v) is 7.33. The Labute approximate surface area is 178 Å². The van der Waals surface area contributed by atoms with E-state index in [1.54, 1.807) is 38.1 Å². The van der Waals surface area contributed by atoms with E-state index >= 15 is 0 Å². The maximum absolute atomic E-state index is 12.9. The monoisotopic (exact) mass is 435 g/mol. The first-order valence-electron chi connectivity index (χ1n) is 9.25. The number of hydrogen-bond acceptors (Lipinski definition) is 4. The fraction of sp³-hybridized carbons (Fsp3) is 0.286. The lowest BCUT2D eigenvalue weighted by atomic mass is 10.0. The molecule has 0 bridgehead atoms. The number of ether oxygens (including phenoxy) is 1. The minimum Gasteiger partial charge on any atom is -0.481 e. The van der Waals surface area contributed by atoms with E-state index in [-0.39, 0.29) is 5.92 Å². The molecule has 0 aliphatic carbocycles. The molecule has 0 spiro atoms. The van der Waals surface area contributed by atoms with Crippen molar-refractivity contribution in [2.45, 2.75) is 32.9 Å². The number of hydrazine groups is 1. The van der Waals surface area contributed by atoms with E-state index in [1.807, 2.05) is 0 Å². The highest BCUT2D eigenvalue weighted by molar-refractivity contribution is 6.30. The van der Waals surface area contributed by atoms with Gasteiger partial charge in [0.05, 0.1) is 0 Å². The molecule has 0 aliphatic heterocycles. The third-order valence-electron chi connectivity index (χ3n) is 4.15. The quantitative estimate of drug-likeness (QED) is 0.582. The maximum atomic E-state index is 12.9. The summed E-state index contributed by atoms with van der Waals surface area (Å²) in [4.78, 5) is 37.0. The molecule has 3 amide bonds. The van der Waals surface area contributed by atoms with Crippen LogP contribution in [0, 0.1) is 11.7 Å². The van der Waals surface area contributed by atoms with Crippen molar-refractivity contribution in [2.75, 3.05) is 0 Å². The molecule has 0 fully saturated rings. The molecule has 0 heterocycles. The van der Waals surface area contributed by atoms with Gasteiger partial charge in [-0.2, -0.15) is 0 Å². The number of amides is 3. The standard InChI is InChI=1S/C21H23ClFN3O4/c1-12(2)18(24-20(28)14-4-6-15(22)7-5-14)21(29)26-25-19(27)13(3)30-17-10-8-16(23)9-11-17/h4-13,18H,1-3H3,(H,24,28)(H,25,27)(H,26,29)/t13?,18-/m0/s1. The minimum atomic E-state index is -0.947. The number of carbonyl (C=O) groups is 3. The van der Waals surface area contributed by atoms with Crippen molar-refractivity contribution in [3.63, 3.8) is 0 Å². The van der Waals surface area contributed by atoms with Crippen molar-refractivity contribution in [1.82, 2.24) is 16.2 Å². The van der Waals surface area contributed by atoms with Gasteiger partial charge in [0.25, 0.3) is 17.7 Å². The second kappa shape index (κ2) is 10.6. The van der Waals surface area contributed by atoms with Crippen molar-refractivity contribution < 1.29 is 23.5 Å². The van der Waals surface area contributed by atoms with E-state index < -0.39 is 35.7 Å². The minimum absolute atomic E-state index is 0.244. The maximum Gasteiger partial charge on any atom is 0.279 e. The van der Waals surface area contributed by atoms with Crippen molar-refractivity contribution in [3.8, 4) is 5.75 Å². The van der Waals surface area contributed by atoms with Crippen LogP contribution in [0.25, 0.3) is 0 Å². The number of hydrogen-bond donors (Lipinski definition) is 3. The Kier molecular flexibility index (Phi) is 8.17. The first kappa shape index (κ1) is 23.2. The molecule has 9 heteroatoms. The van der Waals surface area contributed by atoms with Crippen LogP contribution < -0.4 is 20.9 Å². The molecular formula is C21H23ClFN3O4. The van der Waals surface area contributed by atoms with Gasteiger partial charge in [0.2, 0.25) is 0 Å². The van der Waals surface area contributed by atoms with E-state index in [9.17, 15) is 18.8 Å². The topological polar surface area (TPSA) is 96.5 Å². The summed E-state index contributed by atoms with van der Waals surface area (Å²) in [6.45, 7) is 5.00. The molecule has 3 N–H and O–H groups in total. The number of halogens is 2. The van der Waals surface area contributed by atoms with Gasteiger partial charge in [0, 0.05) is 10.6 Å². The zero-order valence-electron chi connectivity index (χ0n) is 16.7. The fourth-order valence-electron chi connectivity index (χ4n) is 2.43. The van der Waals surface area contributed by atoms with Gasteiger partial charge in [-0.25, -0.2) is 4.39 Å². The molecule has 2 rings (SSSR count). The first-order valence-corrected chi connectivity index (χ1v) is 9.63. The average molecular weight is 436 g/mol. The Morgan fingerprint density at radius 3 is 2.03 bits per heavy atom. The summed E-state index contributed by atoms with van der Waals surface area (Å²) in [7, 11) is 0. The van der Waals surface area contributed by atoms with Crippen molar-refractivity contribution >= 4 is 29.3 Å². The molecule has 2 atom stereocenters. The highest BCUT2D eigenvalue weighted by Crippen LogP contribution is 2.13. The molecule has 1 unspecified atom stereocenters. The van der Waals surface area contributed by atoms with E-state index in [2.05, 4.69) is 16.2 Å². The number of carbonyl (C=O) groups excluding carboxylic acids is 3. The molecule has 0 aromatic heterocycles. The SMILES string of the molecule is CC(Oc1ccc(F)cc1)C(=O)NNC(=O)[C@@H](NC(=O)c1ccc(Cl)cc1)C(C)C. The lowest BCUT2D eigenvalue weighted by Gasteiger charge is -2.22.